The molecule has 0 aliphatic carbocycles. The van der Waals surface area contributed by atoms with Crippen LogP contribution in [0.25, 0.3) is 0 Å². The van der Waals surface area contributed by atoms with Crippen LogP contribution in [0.4, 0.5) is 5.69 Å². The second kappa shape index (κ2) is 8.12. The number of nitrogens with zero attached hydrogens (tertiary/aromatic N) is 2. The number of sulfone groups is 1. The number of rotatable bonds is 4. The van der Waals surface area contributed by atoms with Gasteiger partial charge in [-0.25, -0.2) is 8.42 Å². The molecule has 0 spiro atoms. The van der Waals surface area contributed by atoms with E-state index in [1.54, 1.807) is 7.11 Å². The first kappa shape index (κ1) is 20.4. The molecule has 2 unspecified atom stereocenters. The number of thioether (sulfide) groups is 1. The second-order valence-electron chi connectivity index (χ2n) is 6.96. The summed E-state index contributed by atoms with van der Waals surface area (Å²) in [4.78, 5) is 18.9. The third kappa shape index (κ3) is 4.51. The zero-order valence-corrected chi connectivity index (χ0v) is 18.8. The lowest BCUT2D eigenvalue weighted by molar-refractivity contribution is -0.117. The van der Waals surface area contributed by atoms with Gasteiger partial charge in [0.15, 0.2) is 15.0 Å². The van der Waals surface area contributed by atoms with E-state index < -0.39 is 9.84 Å². The lowest BCUT2D eigenvalue weighted by atomic mass is 10.1. The quantitative estimate of drug-likeness (QED) is 0.648. The molecule has 1 amide bonds. The number of fused-ring (bicyclic) bond motifs is 1. The Morgan fingerprint density at radius 2 is 1.86 bits per heavy atom. The highest BCUT2D eigenvalue weighted by atomic mass is 79.9. The lowest BCUT2D eigenvalue weighted by Gasteiger charge is -2.24. The third-order valence-corrected chi connectivity index (χ3v) is 8.64. The summed E-state index contributed by atoms with van der Waals surface area (Å²) in [6, 6.07) is 14.7. The van der Waals surface area contributed by atoms with E-state index >= 15 is 0 Å². The number of hydrogen-bond acceptors (Lipinski definition) is 5. The number of methoxy groups -OCH3 is 1. The average molecular weight is 495 g/mol. The minimum atomic E-state index is -3.09. The molecule has 2 heterocycles. The third-order valence-electron chi connectivity index (χ3n) is 4.91. The molecule has 2 aromatic carbocycles. The van der Waals surface area contributed by atoms with Crippen LogP contribution in [-0.4, -0.2) is 49.4 Å². The minimum absolute atomic E-state index is 0.0758. The van der Waals surface area contributed by atoms with Crippen LogP contribution >= 0.6 is 27.7 Å². The van der Waals surface area contributed by atoms with E-state index in [2.05, 4.69) is 20.9 Å². The highest BCUT2D eigenvalue weighted by Crippen LogP contribution is 2.41. The van der Waals surface area contributed by atoms with Gasteiger partial charge in [-0.3, -0.25) is 4.79 Å². The van der Waals surface area contributed by atoms with E-state index in [9.17, 15) is 13.2 Å². The molecule has 0 bridgehead atoms. The van der Waals surface area contributed by atoms with Crippen molar-refractivity contribution in [3.8, 4) is 5.75 Å². The number of carbonyl (C=O) groups is 1. The summed E-state index contributed by atoms with van der Waals surface area (Å²) in [5.74, 6) is 0.657. The zero-order chi connectivity index (χ0) is 20.6. The number of carbonyl (C=O) groups excluding carboxylic acids is 1. The predicted octanol–water partition coefficient (Wildman–Crippen LogP) is 3.30. The Balaban J connectivity index is 1.60. The largest absolute Gasteiger partial charge is 0.497 e. The fourth-order valence-corrected chi connectivity index (χ4v) is 7.73. The lowest BCUT2D eigenvalue weighted by Crippen LogP contribution is -2.37. The SMILES string of the molecule is COc1ccc(CC(=O)N=C2SC3CS(=O)(=O)CC3N2c2ccc(Br)cc2)cc1. The van der Waals surface area contributed by atoms with Crippen LogP contribution in [0.15, 0.2) is 58.0 Å². The zero-order valence-electron chi connectivity index (χ0n) is 15.6. The Hall–Kier alpha value is -1.84. The van der Waals surface area contributed by atoms with Crippen molar-refractivity contribution >= 4 is 54.3 Å². The Bertz CT molecular complexity index is 1050. The van der Waals surface area contributed by atoms with Gasteiger partial charge in [0.05, 0.1) is 31.1 Å². The van der Waals surface area contributed by atoms with Crippen molar-refractivity contribution in [3.05, 3.63) is 58.6 Å². The van der Waals surface area contributed by atoms with Crippen LogP contribution in [0.1, 0.15) is 5.56 Å². The molecule has 152 valence electrons. The summed E-state index contributed by atoms with van der Waals surface area (Å²) in [6.07, 6.45) is 0.176. The molecule has 2 fully saturated rings. The van der Waals surface area contributed by atoms with Crippen molar-refractivity contribution in [2.45, 2.75) is 17.7 Å². The van der Waals surface area contributed by atoms with Gasteiger partial charge in [-0.05, 0) is 42.0 Å². The van der Waals surface area contributed by atoms with Crippen molar-refractivity contribution in [1.29, 1.82) is 0 Å². The van der Waals surface area contributed by atoms with Gasteiger partial charge < -0.3 is 9.64 Å². The molecule has 6 nitrogen and oxygen atoms in total. The molecule has 2 atom stereocenters. The average Bonchev–Trinajstić information content (AvgIpc) is 3.14. The van der Waals surface area contributed by atoms with E-state index in [1.165, 1.54) is 11.8 Å². The molecule has 0 radical (unpaired) electrons. The molecule has 0 N–H and O–H groups in total. The number of anilines is 1. The van der Waals surface area contributed by atoms with Gasteiger partial charge in [0.2, 0.25) is 0 Å². The van der Waals surface area contributed by atoms with Gasteiger partial charge in [-0.1, -0.05) is 39.8 Å². The van der Waals surface area contributed by atoms with Crippen LogP contribution in [0.5, 0.6) is 5.75 Å². The smallest absolute Gasteiger partial charge is 0.252 e. The van der Waals surface area contributed by atoms with E-state index in [0.29, 0.717) is 5.17 Å². The Morgan fingerprint density at radius 1 is 1.17 bits per heavy atom. The molecule has 2 aromatic rings. The van der Waals surface area contributed by atoms with Crippen LogP contribution in [-0.2, 0) is 21.1 Å². The summed E-state index contributed by atoms with van der Waals surface area (Å²) in [7, 11) is -1.49. The summed E-state index contributed by atoms with van der Waals surface area (Å²) in [6.45, 7) is 0. The normalized spacial score (nSPS) is 23.9. The Labute approximate surface area is 182 Å². The maximum Gasteiger partial charge on any atom is 0.252 e. The van der Waals surface area contributed by atoms with E-state index in [1.807, 2.05) is 53.4 Å². The van der Waals surface area contributed by atoms with Crippen LogP contribution in [0.2, 0.25) is 0 Å². The summed E-state index contributed by atoms with van der Waals surface area (Å²) < 4.78 is 30.3. The maximum atomic E-state index is 12.6. The molecule has 9 heteroatoms. The Morgan fingerprint density at radius 3 is 2.52 bits per heavy atom. The van der Waals surface area contributed by atoms with Crippen LogP contribution < -0.4 is 9.64 Å². The highest BCUT2D eigenvalue weighted by Gasteiger charge is 2.49. The van der Waals surface area contributed by atoms with Gasteiger partial charge in [-0.15, -0.1) is 0 Å². The number of amidine groups is 1. The van der Waals surface area contributed by atoms with E-state index in [0.717, 1.165) is 21.5 Å². The minimum Gasteiger partial charge on any atom is -0.497 e. The van der Waals surface area contributed by atoms with Gasteiger partial charge in [0.25, 0.3) is 5.91 Å². The van der Waals surface area contributed by atoms with Crippen LogP contribution in [0.3, 0.4) is 0 Å². The number of amides is 1. The van der Waals surface area contributed by atoms with Crippen LogP contribution in [0, 0.1) is 0 Å². The van der Waals surface area contributed by atoms with Crippen molar-refractivity contribution in [2.75, 3.05) is 23.5 Å². The monoisotopic (exact) mass is 494 g/mol. The number of benzene rings is 2. The predicted molar refractivity (Wildman–Crippen MR) is 120 cm³/mol. The topological polar surface area (TPSA) is 76.0 Å². The van der Waals surface area contributed by atoms with Crippen molar-refractivity contribution < 1.29 is 17.9 Å². The number of aliphatic imine (C=N–C) groups is 1. The Kier molecular flexibility index (Phi) is 5.72. The first-order valence-electron chi connectivity index (χ1n) is 9.01. The number of halogens is 1. The van der Waals surface area contributed by atoms with Crippen molar-refractivity contribution in [2.24, 2.45) is 4.99 Å². The summed E-state index contributed by atoms with van der Waals surface area (Å²) >= 11 is 4.80. The van der Waals surface area contributed by atoms with Gasteiger partial charge in [0.1, 0.15) is 5.75 Å². The first-order valence-corrected chi connectivity index (χ1v) is 12.5. The van der Waals surface area contributed by atoms with Gasteiger partial charge in [0, 0.05) is 15.4 Å². The summed E-state index contributed by atoms with van der Waals surface area (Å²) in [5.41, 5.74) is 1.68. The second-order valence-corrected chi connectivity index (χ2v) is 11.2. The van der Waals surface area contributed by atoms with Gasteiger partial charge >= 0.3 is 0 Å². The molecular formula is C20H19BrN2O4S2. The fraction of sp³-hybridized carbons (Fsp3) is 0.300. The number of hydrogen-bond donors (Lipinski definition) is 0. The fourth-order valence-electron chi connectivity index (χ4n) is 3.53. The highest BCUT2D eigenvalue weighted by molar-refractivity contribution is 9.10. The molecule has 0 aromatic heterocycles. The van der Waals surface area contributed by atoms with Crippen molar-refractivity contribution in [3.63, 3.8) is 0 Å². The molecule has 2 saturated heterocycles. The number of ether oxygens (including phenoxy) is 1. The van der Waals surface area contributed by atoms with E-state index in [-0.39, 0.29) is 35.1 Å². The maximum absolute atomic E-state index is 12.6. The van der Waals surface area contributed by atoms with Crippen molar-refractivity contribution in [1.82, 2.24) is 0 Å². The summed E-state index contributed by atoms with van der Waals surface area (Å²) in [5, 5.41) is 0.451. The standard InChI is InChI=1S/C20H19BrN2O4S2/c1-27-16-8-2-13(3-9-16)10-19(24)22-20-23(15-6-4-14(21)5-7-15)17-11-29(25,26)12-18(17)28-20/h2-9,17-18H,10-12H2,1H3. The van der Waals surface area contributed by atoms with Gasteiger partial charge in [-0.2, -0.15) is 4.99 Å². The molecule has 0 saturated carbocycles. The molecule has 2 aliphatic heterocycles. The molecule has 2 aliphatic rings. The molecule has 4 rings (SSSR count). The van der Waals surface area contributed by atoms with E-state index in [4.69, 9.17) is 4.74 Å². The molecule has 29 heavy (non-hydrogen) atoms. The molecular weight excluding hydrogens is 476 g/mol. The first-order chi connectivity index (χ1) is 13.8.